The number of nitrogen functional groups attached to an aromatic ring is 1. The third kappa shape index (κ3) is 4.34. The molecule has 24 heavy (non-hydrogen) atoms. The largest absolute Gasteiger partial charge is 0.496 e. The lowest BCUT2D eigenvalue weighted by Crippen LogP contribution is -2.31. The third-order valence-corrected chi connectivity index (χ3v) is 4.17. The van der Waals surface area contributed by atoms with Crippen molar-refractivity contribution in [2.45, 2.75) is 20.4 Å². The van der Waals surface area contributed by atoms with Crippen molar-refractivity contribution in [1.29, 1.82) is 0 Å². The van der Waals surface area contributed by atoms with Gasteiger partial charge in [-0.2, -0.15) is 0 Å². The number of hydrogen-bond acceptors (Lipinski definition) is 3. The van der Waals surface area contributed by atoms with E-state index in [1.54, 1.807) is 17.0 Å². The van der Waals surface area contributed by atoms with Gasteiger partial charge in [0.1, 0.15) is 5.75 Å². The molecule has 0 aliphatic rings. The lowest BCUT2D eigenvalue weighted by Gasteiger charge is -2.23. The highest BCUT2D eigenvalue weighted by molar-refractivity contribution is 6.33. The van der Waals surface area contributed by atoms with Crippen LogP contribution in [-0.4, -0.2) is 24.5 Å². The Morgan fingerprint density at radius 3 is 2.54 bits per heavy atom. The highest BCUT2D eigenvalue weighted by atomic mass is 35.5. The fourth-order valence-corrected chi connectivity index (χ4v) is 2.56. The Hall–Kier alpha value is -1.91. The van der Waals surface area contributed by atoms with Crippen molar-refractivity contribution in [2.24, 2.45) is 0 Å². The maximum Gasteiger partial charge on any atom is 0.257 e. The number of rotatable bonds is 5. The van der Waals surface area contributed by atoms with Crippen LogP contribution in [0.5, 0.6) is 5.75 Å². The lowest BCUT2D eigenvalue weighted by atomic mass is 10.1. The number of ether oxygens (including phenoxy) is 1. The normalized spacial score (nSPS) is 10.0. The number of halogens is 2. The van der Waals surface area contributed by atoms with Crippen LogP contribution in [0.3, 0.4) is 0 Å². The standard InChI is InChI=1S/C18H21ClN2O2.ClH/c1-4-21(11-13-8-6-5-7-12(13)2)18(22)14-9-15(19)16(20)10-17(14)23-3;/h5-10H,4,11,20H2,1-3H3;1H. The Bertz CT molecular complexity index is 720. The summed E-state index contributed by atoms with van der Waals surface area (Å²) in [5.74, 6) is 0.301. The topological polar surface area (TPSA) is 55.6 Å². The molecule has 0 aliphatic carbocycles. The van der Waals surface area contributed by atoms with Gasteiger partial charge in [-0.3, -0.25) is 4.79 Å². The van der Waals surface area contributed by atoms with Gasteiger partial charge in [0.25, 0.3) is 5.91 Å². The number of nitrogens with zero attached hydrogens (tertiary/aromatic N) is 1. The fraction of sp³-hybridized carbons (Fsp3) is 0.278. The monoisotopic (exact) mass is 368 g/mol. The minimum Gasteiger partial charge on any atom is -0.496 e. The fourth-order valence-electron chi connectivity index (χ4n) is 2.40. The van der Waals surface area contributed by atoms with E-state index in [4.69, 9.17) is 22.1 Å². The molecule has 0 saturated carbocycles. The molecular formula is C18H22Cl2N2O2. The Labute approximate surface area is 154 Å². The first-order valence-corrected chi connectivity index (χ1v) is 7.82. The van der Waals surface area contributed by atoms with Crippen molar-refractivity contribution < 1.29 is 9.53 Å². The van der Waals surface area contributed by atoms with Crippen LogP contribution in [0.1, 0.15) is 28.4 Å². The molecular weight excluding hydrogens is 347 g/mol. The van der Waals surface area contributed by atoms with Gasteiger partial charge in [0.15, 0.2) is 0 Å². The highest BCUT2D eigenvalue weighted by Gasteiger charge is 2.20. The van der Waals surface area contributed by atoms with Gasteiger partial charge in [0.2, 0.25) is 0 Å². The molecule has 0 saturated heterocycles. The Morgan fingerprint density at radius 1 is 1.29 bits per heavy atom. The molecule has 2 N–H and O–H groups in total. The maximum absolute atomic E-state index is 12.9. The van der Waals surface area contributed by atoms with E-state index in [2.05, 4.69) is 0 Å². The van der Waals surface area contributed by atoms with Crippen LogP contribution in [0.25, 0.3) is 0 Å². The van der Waals surface area contributed by atoms with E-state index in [0.717, 1.165) is 11.1 Å². The highest BCUT2D eigenvalue weighted by Crippen LogP contribution is 2.30. The maximum atomic E-state index is 12.9. The molecule has 1 amide bonds. The van der Waals surface area contributed by atoms with Crippen LogP contribution < -0.4 is 10.5 Å². The van der Waals surface area contributed by atoms with E-state index in [9.17, 15) is 4.79 Å². The molecule has 0 heterocycles. The molecule has 0 radical (unpaired) electrons. The average Bonchev–Trinajstić information content (AvgIpc) is 2.55. The summed E-state index contributed by atoms with van der Waals surface area (Å²) >= 11 is 6.07. The zero-order valence-corrected chi connectivity index (χ0v) is 15.6. The molecule has 2 rings (SSSR count). The third-order valence-electron chi connectivity index (χ3n) is 3.84. The molecule has 4 nitrogen and oxygen atoms in total. The van der Waals surface area contributed by atoms with Crippen LogP contribution in [0.4, 0.5) is 5.69 Å². The molecule has 0 aliphatic heterocycles. The van der Waals surface area contributed by atoms with E-state index in [1.165, 1.54) is 7.11 Å². The molecule has 2 aromatic carbocycles. The molecule has 2 aromatic rings. The number of carbonyl (C=O) groups excluding carboxylic acids is 1. The van der Waals surface area contributed by atoms with Gasteiger partial charge in [-0.1, -0.05) is 35.9 Å². The van der Waals surface area contributed by atoms with Crippen molar-refractivity contribution in [2.75, 3.05) is 19.4 Å². The molecule has 0 aromatic heterocycles. The smallest absolute Gasteiger partial charge is 0.257 e. The minimum atomic E-state index is -0.130. The number of anilines is 1. The van der Waals surface area contributed by atoms with E-state index in [0.29, 0.717) is 35.1 Å². The van der Waals surface area contributed by atoms with Gasteiger partial charge in [0.05, 0.1) is 23.4 Å². The van der Waals surface area contributed by atoms with Gasteiger partial charge in [-0.05, 0) is 31.0 Å². The zero-order valence-electron chi connectivity index (χ0n) is 14.0. The molecule has 0 bridgehead atoms. The Morgan fingerprint density at radius 2 is 1.96 bits per heavy atom. The average molecular weight is 369 g/mol. The van der Waals surface area contributed by atoms with Gasteiger partial charge in [0, 0.05) is 19.2 Å². The number of methoxy groups -OCH3 is 1. The van der Waals surface area contributed by atoms with Crippen LogP contribution in [0.15, 0.2) is 36.4 Å². The second-order valence-electron chi connectivity index (χ2n) is 5.32. The van der Waals surface area contributed by atoms with Crippen LogP contribution in [-0.2, 0) is 6.54 Å². The first kappa shape index (κ1) is 20.1. The number of nitrogens with two attached hydrogens (primary N) is 1. The number of hydrogen-bond donors (Lipinski definition) is 1. The molecule has 0 unspecified atom stereocenters. The van der Waals surface area contributed by atoms with Crippen LogP contribution >= 0.6 is 24.0 Å². The molecule has 130 valence electrons. The van der Waals surface area contributed by atoms with Gasteiger partial charge >= 0.3 is 0 Å². The van der Waals surface area contributed by atoms with Crippen LogP contribution in [0.2, 0.25) is 5.02 Å². The van der Waals surface area contributed by atoms with Crippen molar-refractivity contribution in [1.82, 2.24) is 4.90 Å². The summed E-state index contributed by atoms with van der Waals surface area (Å²) in [6.45, 7) is 5.10. The molecule has 0 spiro atoms. The zero-order chi connectivity index (χ0) is 17.0. The van der Waals surface area contributed by atoms with E-state index in [-0.39, 0.29) is 18.3 Å². The van der Waals surface area contributed by atoms with Crippen molar-refractivity contribution in [3.63, 3.8) is 0 Å². The summed E-state index contributed by atoms with van der Waals surface area (Å²) in [4.78, 5) is 14.6. The predicted octanol–water partition coefficient (Wildman–Crippen LogP) is 4.32. The van der Waals surface area contributed by atoms with Crippen LogP contribution in [0, 0.1) is 6.92 Å². The molecule has 0 fully saturated rings. The summed E-state index contributed by atoms with van der Waals surface area (Å²) in [6.07, 6.45) is 0. The number of carbonyl (C=O) groups is 1. The van der Waals surface area contributed by atoms with Crippen molar-refractivity contribution in [3.05, 3.63) is 58.1 Å². The van der Waals surface area contributed by atoms with Crippen molar-refractivity contribution in [3.8, 4) is 5.75 Å². The van der Waals surface area contributed by atoms with Gasteiger partial charge < -0.3 is 15.4 Å². The number of aryl methyl sites for hydroxylation is 1. The Kier molecular flexibility index (Phi) is 7.39. The first-order chi connectivity index (χ1) is 11.0. The number of amides is 1. The number of benzene rings is 2. The van der Waals surface area contributed by atoms with E-state index in [1.807, 2.05) is 38.1 Å². The molecule has 0 atom stereocenters. The van der Waals surface area contributed by atoms with Crippen molar-refractivity contribution >= 4 is 35.6 Å². The predicted molar refractivity (Wildman–Crippen MR) is 101 cm³/mol. The summed E-state index contributed by atoms with van der Waals surface area (Å²) in [6, 6.07) is 11.2. The second-order valence-corrected chi connectivity index (χ2v) is 5.73. The SMILES string of the molecule is CCN(Cc1ccccc1C)C(=O)c1cc(Cl)c(N)cc1OC.Cl. The summed E-state index contributed by atoms with van der Waals surface area (Å²) < 4.78 is 5.28. The Balaban J connectivity index is 0.00000288. The van der Waals surface area contributed by atoms with E-state index >= 15 is 0 Å². The van der Waals surface area contributed by atoms with Gasteiger partial charge in [-0.25, -0.2) is 0 Å². The van der Waals surface area contributed by atoms with E-state index < -0.39 is 0 Å². The minimum absolute atomic E-state index is 0. The summed E-state index contributed by atoms with van der Waals surface area (Å²) in [5.41, 5.74) is 8.86. The second kappa shape index (κ2) is 8.81. The quantitative estimate of drug-likeness (QED) is 0.799. The first-order valence-electron chi connectivity index (χ1n) is 7.44. The molecule has 6 heteroatoms. The van der Waals surface area contributed by atoms with Gasteiger partial charge in [-0.15, -0.1) is 12.4 Å². The summed E-state index contributed by atoms with van der Waals surface area (Å²) in [7, 11) is 1.51. The summed E-state index contributed by atoms with van der Waals surface area (Å²) in [5, 5.41) is 0.348. The lowest BCUT2D eigenvalue weighted by molar-refractivity contribution is 0.0749.